The first-order valence-corrected chi connectivity index (χ1v) is 9.67. The van der Waals surface area contributed by atoms with E-state index in [9.17, 15) is 9.18 Å². The van der Waals surface area contributed by atoms with Gasteiger partial charge in [0.25, 0.3) is 5.91 Å². The smallest absolute Gasteiger partial charge is 0.256 e. The molecule has 156 valence electrons. The molecular formula is C24H15FN4O3. The number of halogens is 1. The van der Waals surface area contributed by atoms with Gasteiger partial charge >= 0.3 is 0 Å². The van der Waals surface area contributed by atoms with Crippen molar-refractivity contribution in [2.75, 3.05) is 5.32 Å². The number of rotatable bonds is 5. The minimum Gasteiger partial charge on any atom is -0.436 e. The molecule has 0 saturated carbocycles. The van der Waals surface area contributed by atoms with Gasteiger partial charge in [0.1, 0.15) is 5.82 Å². The molecule has 1 N–H and O–H groups in total. The summed E-state index contributed by atoms with van der Waals surface area (Å²) in [6, 6.07) is 20.2. The fraction of sp³-hybridized carbons (Fsp3) is 0. The second kappa shape index (κ2) is 8.27. The average Bonchev–Trinajstić information content (AvgIpc) is 3.53. The lowest BCUT2D eigenvalue weighted by Crippen LogP contribution is -2.13. The van der Waals surface area contributed by atoms with Crippen LogP contribution in [0.25, 0.3) is 34.2 Å². The molecule has 5 rings (SSSR count). The Kier molecular flexibility index (Phi) is 5.01. The van der Waals surface area contributed by atoms with Crippen molar-refractivity contribution in [2.45, 2.75) is 0 Å². The van der Waals surface area contributed by atoms with Gasteiger partial charge in [-0.05, 0) is 48.5 Å². The maximum atomic E-state index is 14.1. The predicted octanol–water partition coefficient (Wildman–Crippen LogP) is 5.45. The second-order valence-electron chi connectivity index (χ2n) is 6.83. The molecular weight excluding hydrogens is 411 g/mol. The van der Waals surface area contributed by atoms with E-state index in [0.717, 1.165) is 5.56 Å². The van der Waals surface area contributed by atoms with Crippen LogP contribution < -0.4 is 5.32 Å². The standard InChI is InChI=1S/C24H15FN4O3/c25-20-8-4-3-7-19(20)21-13-26-24(32-21)18-6-2-1-5-17(18)22(30)28-16-11-9-15(10-12-16)23-29-27-14-31-23/h1-14H,(H,28,30). The van der Waals surface area contributed by atoms with Gasteiger partial charge in [0.05, 0.1) is 17.3 Å². The lowest BCUT2D eigenvalue weighted by atomic mass is 10.1. The minimum atomic E-state index is -0.412. The van der Waals surface area contributed by atoms with Crippen LogP contribution in [-0.4, -0.2) is 21.1 Å². The molecule has 0 atom stereocenters. The Morgan fingerprint density at radius 1 is 0.875 bits per heavy atom. The van der Waals surface area contributed by atoms with Crippen molar-refractivity contribution < 1.29 is 18.0 Å². The van der Waals surface area contributed by atoms with E-state index >= 15 is 0 Å². The van der Waals surface area contributed by atoms with Crippen LogP contribution in [0, 0.1) is 5.82 Å². The molecule has 0 aliphatic rings. The molecule has 0 spiro atoms. The average molecular weight is 426 g/mol. The highest BCUT2D eigenvalue weighted by Gasteiger charge is 2.18. The molecule has 0 unspecified atom stereocenters. The molecule has 0 fully saturated rings. The summed E-state index contributed by atoms with van der Waals surface area (Å²) in [6.07, 6.45) is 2.70. The Morgan fingerprint density at radius 2 is 1.62 bits per heavy atom. The lowest BCUT2D eigenvalue weighted by molar-refractivity contribution is 0.102. The molecule has 0 radical (unpaired) electrons. The van der Waals surface area contributed by atoms with Crippen molar-refractivity contribution in [1.29, 1.82) is 0 Å². The van der Waals surface area contributed by atoms with Gasteiger partial charge in [-0.3, -0.25) is 4.79 Å². The van der Waals surface area contributed by atoms with E-state index in [1.807, 2.05) is 0 Å². The van der Waals surface area contributed by atoms with Crippen LogP contribution in [0.5, 0.6) is 0 Å². The van der Waals surface area contributed by atoms with Gasteiger partial charge in [0, 0.05) is 16.8 Å². The van der Waals surface area contributed by atoms with E-state index in [-0.39, 0.29) is 17.6 Å². The van der Waals surface area contributed by atoms with Crippen LogP contribution in [0.2, 0.25) is 0 Å². The van der Waals surface area contributed by atoms with Crippen molar-refractivity contribution in [3.05, 3.63) is 96.8 Å². The first kappa shape index (κ1) is 19.4. The summed E-state index contributed by atoms with van der Waals surface area (Å²) in [5, 5.41) is 10.4. The molecule has 32 heavy (non-hydrogen) atoms. The third kappa shape index (κ3) is 3.77. The van der Waals surface area contributed by atoms with Crippen LogP contribution in [0.3, 0.4) is 0 Å². The van der Waals surface area contributed by atoms with Gasteiger partial charge in [0.15, 0.2) is 5.76 Å². The highest BCUT2D eigenvalue weighted by molar-refractivity contribution is 6.08. The molecule has 5 aromatic rings. The summed E-state index contributed by atoms with van der Waals surface area (Å²) >= 11 is 0. The normalized spacial score (nSPS) is 10.8. The highest BCUT2D eigenvalue weighted by atomic mass is 19.1. The van der Waals surface area contributed by atoms with Crippen LogP contribution in [0.4, 0.5) is 10.1 Å². The molecule has 0 saturated heterocycles. The number of aromatic nitrogens is 3. The van der Waals surface area contributed by atoms with E-state index < -0.39 is 5.82 Å². The summed E-state index contributed by atoms with van der Waals surface area (Å²) in [5.41, 5.74) is 2.49. The van der Waals surface area contributed by atoms with Gasteiger partial charge in [-0.1, -0.05) is 24.3 Å². The van der Waals surface area contributed by atoms with Crippen LogP contribution in [-0.2, 0) is 0 Å². The third-order valence-electron chi connectivity index (χ3n) is 4.80. The monoisotopic (exact) mass is 426 g/mol. The van der Waals surface area contributed by atoms with Gasteiger partial charge in [-0.25, -0.2) is 9.37 Å². The Bertz CT molecular complexity index is 1380. The quantitative estimate of drug-likeness (QED) is 0.402. The maximum Gasteiger partial charge on any atom is 0.256 e. The number of carbonyl (C=O) groups is 1. The fourth-order valence-electron chi connectivity index (χ4n) is 3.25. The molecule has 7 nitrogen and oxygen atoms in total. The predicted molar refractivity (Wildman–Crippen MR) is 115 cm³/mol. The number of amides is 1. The summed E-state index contributed by atoms with van der Waals surface area (Å²) in [4.78, 5) is 17.2. The molecule has 0 aliphatic carbocycles. The first-order chi connectivity index (χ1) is 15.7. The molecule has 1 amide bonds. The SMILES string of the molecule is O=C(Nc1ccc(-c2nnco2)cc1)c1ccccc1-c1ncc(-c2ccccc2F)o1. The maximum absolute atomic E-state index is 14.1. The minimum absolute atomic E-state index is 0.223. The van der Waals surface area contributed by atoms with E-state index in [0.29, 0.717) is 28.3 Å². The molecule has 0 bridgehead atoms. The number of hydrogen-bond donors (Lipinski definition) is 1. The van der Waals surface area contributed by atoms with Crippen molar-refractivity contribution in [2.24, 2.45) is 0 Å². The third-order valence-corrected chi connectivity index (χ3v) is 4.80. The summed E-state index contributed by atoms with van der Waals surface area (Å²) in [6.45, 7) is 0. The van der Waals surface area contributed by atoms with Gasteiger partial charge in [-0.15, -0.1) is 10.2 Å². The largest absolute Gasteiger partial charge is 0.436 e. The van der Waals surface area contributed by atoms with Crippen LogP contribution >= 0.6 is 0 Å². The van der Waals surface area contributed by atoms with E-state index in [2.05, 4.69) is 20.5 Å². The summed E-state index contributed by atoms with van der Waals surface area (Å²) in [7, 11) is 0. The first-order valence-electron chi connectivity index (χ1n) is 9.67. The molecule has 0 aliphatic heterocycles. The molecule has 2 heterocycles. The Labute approximate surface area is 181 Å². The number of nitrogens with zero attached hydrogens (tertiary/aromatic N) is 3. The van der Waals surface area contributed by atoms with Crippen molar-refractivity contribution in [3.63, 3.8) is 0 Å². The Balaban J connectivity index is 1.40. The van der Waals surface area contributed by atoms with Gasteiger partial charge < -0.3 is 14.2 Å². The van der Waals surface area contributed by atoms with Crippen molar-refractivity contribution in [3.8, 4) is 34.2 Å². The Hall–Kier alpha value is -4.59. The lowest BCUT2D eigenvalue weighted by Gasteiger charge is -2.08. The molecule has 2 aromatic heterocycles. The van der Waals surface area contributed by atoms with Gasteiger partial charge in [-0.2, -0.15) is 0 Å². The number of carbonyl (C=O) groups excluding carboxylic acids is 1. The van der Waals surface area contributed by atoms with E-state index in [1.54, 1.807) is 66.7 Å². The van der Waals surface area contributed by atoms with E-state index in [4.69, 9.17) is 8.83 Å². The van der Waals surface area contributed by atoms with Crippen LogP contribution in [0.1, 0.15) is 10.4 Å². The van der Waals surface area contributed by atoms with Crippen LogP contribution in [0.15, 0.2) is 94.2 Å². The topological polar surface area (TPSA) is 94.1 Å². The second-order valence-corrected chi connectivity index (χ2v) is 6.83. The summed E-state index contributed by atoms with van der Waals surface area (Å²) < 4.78 is 25.0. The van der Waals surface area contributed by atoms with E-state index in [1.165, 1.54) is 18.7 Å². The zero-order chi connectivity index (χ0) is 21.9. The number of hydrogen-bond acceptors (Lipinski definition) is 6. The van der Waals surface area contributed by atoms with Crippen molar-refractivity contribution >= 4 is 11.6 Å². The number of benzene rings is 3. The molecule has 8 heteroatoms. The van der Waals surface area contributed by atoms with Gasteiger partial charge in [0.2, 0.25) is 18.2 Å². The number of anilines is 1. The zero-order valence-electron chi connectivity index (χ0n) is 16.5. The zero-order valence-corrected chi connectivity index (χ0v) is 16.5. The fourth-order valence-corrected chi connectivity index (χ4v) is 3.25. The summed E-state index contributed by atoms with van der Waals surface area (Å²) in [5.74, 6) is 0.149. The number of nitrogens with one attached hydrogen (secondary N) is 1. The Morgan fingerprint density at radius 3 is 2.38 bits per heavy atom. The highest BCUT2D eigenvalue weighted by Crippen LogP contribution is 2.30. The number of oxazole rings is 1. The van der Waals surface area contributed by atoms with Crippen molar-refractivity contribution in [1.82, 2.24) is 15.2 Å². The molecule has 3 aromatic carbocycles.